The standard InChI is InChI=1S/C25H49N3O3/c1-6-7-8-9-10-11-12-13-14-15-16-20(17-22(26)29)23(30)27-21-18-24(2,3)28(31)25(4,5)19-21/h20-21,31H,6-19H2,1-5H3,(H2,26,29)(H,27,30). The average molecular weight is 440 g/mol. The Hall–Kier alpha value is -1.14. The number of nitrogens with two attached hydrogens (primary N) is 1. The molecule has 1 aliphatic rings. The van der Waals surface area contributed by atoms with Crippen LogP contribution >= 0.6 is 0 Å². The Morgan fingerprint density at radius 2 is 1.39 bits per heavy atom. The van der Waals surface area contributed by atoms with Crippen LogP contribution in [0.1, 0.15) is 125 Å². The number of primary amides is 1. The molecule has 6 heteroatoms. The van der Waals surface area contributed by atoms with Crippen LogP contribution in [0.5, 0.6) is 0 Å². The summed E-state index contributed by atoms with van der Waals surface area (Å²) in [7, 11) is 0. The van der Waals surface area contributed by atoms with Crippen LogP contribution in [0.4, 0.5) is 0 Å². The van der Waals surface area contributed by atoms with E-state index < -0.39 is 17.0 Å². The van der Waals surface area contributed by atoms with Gasteiger partial charge in [0.2, 0.25) is 11.8 Å². The molecule has 0 bridgehead atoms. The monoisotopic (exact) mass is 439 g/mol. The topological polar surface area (TPSA) is 95.7 Å². The predicted octanol–water partition coefficient (Wildman–Crippen LogP) is 5.32. The zero-order valence-corrected chi connectivity index (χ0v) is 20.8. The average Bonchev–Trinajstić information content (AvgIpc) is 2.65. The second kappa shape index (κ2) is 13.4. The lowest BCUT2D eigenvalue weighted by Crippen LogP contribution is -2.63. The number of amides is 2. The summed E-state index contributed by atoms with van der Waals surface area (Å²) in [6.07, 6.45) is 14.6. The highest BCUT2D eigenvalue weighted by Gasteiger charge is 2.45. The lowest BCUT2D eigenvalue weighted by molar-refractivity contribution is -0.246. The van der Waals surface area contributed by atoms with E-state index >= 15 is 0 Å². The molecule has 0 aliphatic carbocycles. The van der Waals surface area contributed by atoms with Crippen molar-refractivity contribution in [3.8, 4) is 0 Å². The van der Waals surface area contributed by atoms with Crippen LogP contribution in [0.2, 0.25) is 0 Å². The van der Waals surface area contributed by atoms with E-state index in [1.165, 1.54) is 56.4 Å². The van der Waals surface area contributed by atoms with Crippen LogP contribution in [0.25, 0.3) is 0 Å². The van der Waals surface area contributed by atoms with Gasteiger partial charge >= 0.3 is 0 Å². The van der Waals surface area contributed by atoms with Gasteiger partial charge in [0, 0.05) is 29.5 Å². The van der Waals surface area contributed by atoms with E-state index in [0.717, 1.165) is 12.8 Å². The first-order valence-electron chi connectivity index (χ1n) is 12.6. The highest BCUT2D eigenvalue weighted by Crippen LogP contribution is 2.36. The van der Waals surface area contributed by atoms with E-state index in [1.807, 2.05) is 27.7 Å². The van der Waals surface area contributed by atoms with E-state index in [9.17, 15) is 14.8 Å². The Kier molecular flexibility index (Phi) is 12.1. The van der Waals surface area contributed by atoms with Crippen molar-refractivity contribution in [3.63, 3.8) is 0 Å². The van der Waals surface area contributed by atoms with Gasteiger partial charge in [-0.25, -0.2) is 0 Å². The number of hydroxylamine groups is 2. The largest absolute Gasteiger partial charge is 0.370 e. The minimum absolute atomic E-state index is 0.0241. The molecule has 0 aromatic heterocycles. The molecule has 1 fully saturated rings. The van der Waals surface area contributed by atoms with Crippen LogP contribution < -0.4 is 11.1 Å². The first-order valence-corrected chi connectivity index (χ1v) is 12.6. The molecule has 1 saturated heterocycles. The molecule has 0 spiro atoms. The third-order valence-corrected chi connectivity index (χ3v) is 6.71. The van der Waals surface area contributed by atoms with Gasteiger partial charge in [0.1, 0.15) is 0 Å². The molecule has 182 valence electrons. The summed E-state index contributed by atoms with van der Waals surface area (Å²) < 4.78 is 0. The van der Waals surface area contributed by atoms with Crippen molar-refractivity contribution < 1.29 is 14.8 Å². The highest BCUT2D eigenvalue weighted by atomic mass is 16.5. The third kappa shape index (κ3) is 10.3. The summed E-state index contributed by atoms with van der Waals surface area (Å²) in [5.74, 6) is -0.847. The maximum Gasteiger partial charge on any atom is 0.223 e. The summed E-state index contributed by atoms with van der Waals surface area (Å²) >= 11 is 0. The zero-order chi connectivity index (χ0) is 23.5. The number of unbranched alkanes of at least 4 members (excludes halogenated alkanes) is 9. The molecule has 4 N–H and O–H groups in total. The molecule has 0 radical (unpaired) electrons. The van der Waals surface area contributed by atoms with Gasteiger partial charge < -0.3 is 16.3 Å². The quantitative estimate of drug-likeness (QED) is 0.301. The van der Waals surface area contributed by atoms with E-state index in [4.69, 9.17) is 5.73 Å². The molecular weight excluding hydrogens is 390 g/mol. The van der Waals surface area contributed by atoms with Crippen LogP contribution in [0.3, 0.4) is 0 Å². The van der Waals surface area contributed by atoms with Crippen molar-refractivity contribution in [2.75, 3.05) is 0 Å². The number of carbonyl (C=O) groups excluding carboxylic acids is 2. The summed E-state index contributed by atoms with van der Waals surface area (Å²) in [6.45, 7) is 10.2. The molecule has 1 rings (SSSR count). The van der Waals surface area contributed by atoms with Crippen molar-refractivity contribution in [2.24, 2.45) is 11.7 Å². The maximum atomic E-state index is 12.9. The third-order valence-electron chi connectivity index (χ3n) is 6.71. The fourth-order valence-corrected chi connectivity index (χ4v) is 5.14. The second-order valence-electron chi connectivity index (χ2n) is 10.9. The van der Waals surface area contributed by atoms with Crippen molar-refractivity contribution in [3.05, 3.63) is 0 Å². The number of rotatable bonds is 15. The van der Waals surface area contributed by atoms with Crippen LogP contribution in [0.15, 0.2) is 0 Å². The molecular formula is C25H49N3O3. The zero-order valence-electron chi connectivity index (χ0n) is 20.8. The minimum atomic E-state index is -0.421. The smallest absolute Gasteiger partial charge is 0.223 e. The fourth-order valence-electron chi connectivity index (χ4n) is 5.14. The molecule has 1 aliphatic heterocycles. The molecule has 0 aromatic carbocycles. The SMILES string of the molecule is CCCCCCCCCCCCC(CC(N)=O)C(=O)NC1CC(C)(C)N(O)C(C)(C)C1. The van der Waals surface area contributed by atoms with E-state index in [2.05, 4.69) is 12.2 Å². The van der Waals surface area contributed by atoms with Crippen molar-refractivity contribution in [1.29, 1.82) is 0 Å². The Morgan fingerprint density at radius 3 is 1.84 bits per heavy atom. The van der Waals surface area contributed by atoms with Crippen molar-refractivity contribution in [1.82, 2.24) is 10.4 Å². The molecule has 1 heterocycles. The number of carbonyl (C=O) groups is 2. The Bertz CT molecular complexity index is 530. The van der Waals surface area contributed by atoms with Crippen LogP contribution in [0, 0.1) is 5.92 Å². The van der Waals surface area contributed by atoms with E-state index in [0.29, 0.717) is 19.3 Å². The number of hydrogen-bond acceptors (Lipinski definition) is 4. The molecule has 6 nitrogen and oxygen atoms in total. The predicted molar refractivity (Wildman–Crippen MR) is 127 cm³/mol. The van der Waals surface area contributed by atoms with Crippen LogP contribution in [-0.4, -0.2) is 39.2 Å². The first kappa shape index (κ1) is 27.9. The van der Waals surface area contributed by atoms with Gasteiger partial charge in [-0.2, -0.15) is 5.06 Å². The minimum Gasteiger partial charge on any atom is -0.370 e. The summed E-state index contributed by atoms with van der Waals surface area (Å²) in [5, 5.41) is 15.0. The molecule has 0 saturated carbocycles. The van der Waals surface area contributed by atoms with Gasteiger partial charge in [0.25, 0.3) is 0 Å². The van der Waals surface area contributed by atoms with Gasteiger partial charge in [0.05, 0.1) is 0 Å². The maximum absolute atomic E-state index is 12.9. The first-order chi connectivity index (χ1) is 14.5. The Morgan fingerprint density at radius 1 is 0.935 bits per heavy atom. The Balaban J connectivity index is 2.42. The van der Waals surface area contributed by atoms with Gasteiger partial charge in [-0.05, 0) is 47.0 Å². The van der Waals surface area contributed by atoms with Crippen LogP contribution in [-0.2, 0) is 9.59 Å². The summed E-state index contributed by atoms with van der Waals surface area (Å²) in [4.78, 5) is 24.5. The van der Waals surface area contributed by atoms with Gasteiger partial charge in [0.15, 0.2) is 0 Å². The second-order valence-corrected chi connectivity index (χ2v) is 10.9. The highest BCUT2D eigenvalue weighted by molar-refractivity contribution is 5.85. The lowest BCUT2D eigenvalue weighted by atomic mass is 9.78. The molecule has 1 atom stereocenters. The lowest BCUT2D eigenvalue weighted by Gasteiger charge is -2.51. The van der Waals surface area contributed by atoms with Crippen molar-refractivity contribution in [2.45, 2.75) is 142 Å². The summed E-state index contributed by atoms with van der Waals surface area (Å²) in [6, 6.07) is -0.0241. The van der Waals surface area contributed by atoms with E-state index in [1.54, 1.807) is 0 Å². The molecule has 31 heavy (non-hydrogen) atoms. The van der Waals surface area contributed by atoms with Gasteiger partial charge in [-0.1, -0.05) is 71.1 Å². The fraction of sp³-hybridized carbons (Fsp3) is 0.920. The number of nitrogens with zero attached hydrogens (tertiary/aromatic N) is 1. The molecule has 2 amide bonds. The summed E-state index contributed by atoms with van der Waals surface area (Å²) in [5.41, 5.74) is 4.59. The molecule has 1 unspecified atom stereocenters. The number of nitrogens with one attached hydrogen (secondary N) is 1. The molecule has 0 aromatic rings. The Labute approximate surface area is 190 Å². The normalized spacial score (nSPS) is 19.8. The number of hydrogen-bond donors (Lipinski definition) is 3. The van der Waals surface area contributed by atoms with Gasteiger partial charge in [-0.15, -0.1) is 0 Å². The van der Waals surface area contributed by atoms with Gasteiger partial charge in [-0.3, -0.25) is 9.59 Å². The number of piperidine rings is 1. The van der Waals surface area contributed by atoms with E-state index in [-0.39, 0.29) is 24.3 Å². The van der Waals surface area contributed by atoms with Crippen molar-refractivity contribution >= 4 is 11.8 Å².